The summed E-state index contributed by atoms with van der Waals surface area (Å²) < 4.78 is 6.58. The minimum Gasteiger partial charge on any atom is -0.455 e. The van der Waals surface area contributed by atoms with Crippen molar-refractivity contribution in [2.24, 2.45) is 0 Å². The average Bonchev–Trinajstić information content (AvgIpc) is 3.66. The fraction of sp³-hybridized carbons (Fsp3) is 0. The van der Waals surface area contributed by atoms with Crippen LogP contribution in [-0.2, 0) is 0 Å². The van der Waals surface area contributed by atoms with E-state index in [1.54, 1.807) is 0 Å². The maximum absolute atomic E-state index is 6.58. The summed E-state index contributed by atoms with van der Waals surface area (Å²) >= 11 is 0. The zero-order valence-electron chi connectivity index (χ0n) is 29.8. The van der Waals surface area contributed by atoms with Gasteiger partial charge in [-0.2, -0.15) is 0 Å². The van der Waals surface area contributed by atoms with E-state index in [-0.39, 0.29) is 0 Å². The van der Waals surface area contributed by atoms with Gasteiger partial charge in [0.25, 0.3) is 0 Å². The lowest BCUT2D eigenvalue weighted by atomic mass is 9.98. The number of hydrogen-bond donors (Lipinski definition) is 0. The largest absolute Gasteiger partial charge is 0.455 e. The highest BCUT2D eigenvalue weighted by Crippen LogP contribution is 2.38. The number of rotatable bonds is 7. The van der Waals surface area contributed by atoms with Crippen molar-refractivity contribution in [2.75, 3.05) is 0 Å². The van der Waals surface area contributed by atoms with Crippen LogP contribution >= 0.6 is 0 Å². The third kappa shape index (κ3) is 6.26. The van der Waals surface area contributed by atoms with Gasteiger partial charge in [-0.05, 0) is 63.2 Å². The van der Waals surface area contributed by atoms with Crippen LogP contribution in [0.5, 0.6) is 0 Å². The van der Waals surface area contributed by atoms with Gasteiger partial charge in [-0.1, -0.05) is 176 Å². The minimum atomic E-state index is 0.598. The SMILES string of the molecule is c1ccc(-c2ccc(-c3nc(-c4cccc(-c5ccccc5)c4)nc(-c4ccc5oc6c(-c7ccc(-c8ccccc8)cc7)cccc6c5c4)n3)cc2)cc1. The van der Waals surface area contributed by atoms with E-state index in [0.717, 1.165) is 72.0 Å². The maximum atomic E-state index is 6.58. The standard InChI is InChI=1S/C51H33N3O/c1-4-12-34(13-5-1)37-22-26-39(27-23-37)44-20-11-21-45-46-33-43(30-31-47(46)55-48(44)45)51-53-49(40-28-24-38(25-29-40)35-14-6-2-7-15-35)52-50(54-51)42-19-10-18-41(32-42)36-16-8-3-9-17-36/h1-33H. The van der Waals surface area contributed by atoms with Crippen LogP contribution in [0.25, 0.3) is 101 Å². The summed E-state index contributed by atoms with van der Waals surface area (Å²) in [7, 11) is 0. The van der Waals surface area contributed by atoms with Gasteiger partial charge in [0, 0.05) is 33.0 Å². The topological polar surface area (TPSA) is 51.8 Å². The molecular formula is C51H33N3O. The predicted molar refractivity (Wildman–Crippen MR) is 225 cm³/mol. The number of aromatic nitrogens is 3. The van der Waals surface area contributed by atoms with Crippen LogP contribution < -0.4 is 0 Å². The lowest BCUT2D eigenvalue weighted by molar-refractivity contribution is 0.670. The Balaban J connectivity index is 1.08. The Morgan fingerprint density at radius 3 is 1.29 bits per heavy atom. The molecule has 4 nitrogen and oxygen atoms in total. The van der Waals surface area contributed by atoms with E-state index in [4.69, 9.17) is 19.4 Å². The zero-order chi connectivity index (χ0) is 36.6. The molecule has 0 spiro atoms. The van der Waals surface area contributed by atoms with Crippen molar-refractivity contribution in [1.29, 1.82) is 0 Å². The monoisotopic (exact) mass is 703 g/mol. The first kappa shape index (κ1) is 32.2. The third-order valence-corrected chi connectivity index (χ3v) is 10.2. The lowest BCUT2D eigenvalue weighted by Gasteiger charge is -2.10. The van der Waals surface area contributed by atoms with Crippen molar-refractivity contribution in [3.8, 4) is 78.7 Å². The van der Waals surface area contributed by atoms with Gasteiger partial charge in [-0.25, -0.2) is 15.0 Å². The number of furan rings is 1. The highest BCUT2D eigenvalue weighted by molar-refractivity contribution is 6.10. The predicted octanol–water partition coefficient (Wildman–Crippen LogP) is 13.4. The van der Waals surface area contributed by atoms with Gasteiger partial charge < -0.3 is 4.42 Å². The second-order valence-corrected chi connectivity index (χ2v) is 13.6. The molecule has 0 aliphatic rings. The van der Waals surface area contributed by atoms with E-state index in [9.17, 15) is 0 Å². The van der Waals surface area contributed by atoms with Gasteiger partial charge in [0.05, 0.1) is 0 Å². The first-order valence-corrected chi connectivity index (χ1v) is 18.4. The fourth-order valence-corrected chi connectivity index (χ4v) is 7.31. The molecule has 8 aromatic carbocycles. The number of fused-ring (bicyclic) bond motifs is 3. The molecule has 0 fully saturated rings. The van der Waals surface area contributed by atoms with Crippen molar-refractivity contribution in [3.05, 3.63) is 200 Å². The molecule has 0 radical (unpaired) electrons. The first-order valence-electron chi connectivity index (χ1n) is 18.4. The first-order chi connectivity index (χ1) is 27.2. The molecule has 0 saturated carbocycles. The molecule has 0 amide bonds. The average molecular weight is 704 g/mol. The van der Waals surface area contributed by atoms with Gasteiger partial charge >= 0.3 is 0 Å². The smallest absolute Gasteiger partial charge is 0.164 e. The summed E-state index contributed by atoms with van der Waals surface area (Å²) in [6, 6.07) is 69.3. The molecule has 55 heavy (non-hydrogen) atoms. The summed E-state index contributed by atoms with van der Waals surface area (Å²) in [6.45, 7) is 0. The highest BCUT2D eigenvalue weighted by atomic mass is 16.3. The van der Waals surface area contributed by atoms with Gasteiger partial charge in [0.2, 0.25) is 0 Å². The molecule has 0 bridgehead atoms. The van der Waals surface area contributed by atoms with Gasteiger partial charge in [-0.3, -0.25) is 0 Å². The van der Waals surface area contributed by atoms with Crippen LogP contribution in [0.1, 0.15) is 0 Å². The molecular weight excluding hydrogens is 671 g/mol. The van der Waals surface area contributed by atoms with Crippen LogP contribution in [-0.4, -0.2) is 15.0 Å². The summed E-state index contributed by atoms with van der Waals surface area (Å²) in [5.74, 6) is 1.83. The van der Waals surface area contributed by atoms with Gasteiger partial charge in [0.15, 0.2) is 17.5 Å². The molecule has 0 unspecified atom stereocenters. The van der Waals surface area contributed by atoms with E-state index in [0.29, 0.717) is 17.5 Å². The lowest BCUT2D eigenvalue weighted by Crippen LogP contribution is -2.00. The van der Waals surface area contributed by atoms with Gasteiger partial charge in [-0.15, -0.1) is 0 Å². The Kier molecular flexibility index (Phi) is 8.12. The Bertz CT molecular complexity index is 2940. The van der Waals surface area contributed by atoms with Crippen molar-refractivity contribution in [1.82, 2.24) is 15.0 Å². The third-order valence-electron chi connectivity index (χ3n) is 10.2. The van der Waals surface area contributed by atoms with Crippen LogP contribution in [0, 0.1) is 0 Å². The van der Waals surface area contributed by atoms with Crippen molar-refractivity contribution >= 4 is 21.9 Å². The summed E-state index contributed by atoms with van der Waals surface area (Å²) in [6.07, 6.45) is 0. The van der Waals surface area contributed by atoms with E-state index >= 15 is 0 Å². The zero-order valence-corrected chi connectivity index (χ0v) is 29.8. The van der Waals surface area contributed by atoms with E-state index in [1.165, 1.54) is 11.1 Å². The van der Waals surface area contributed by atoms with Gasteiger partial charge in [0.1, 0.15) is 11.2 Å². The molecule has 0 aliphatic carbocycles. The van der Waals surface area contributed by atoms with E-state index in [2.05, 4.69) is 170 Å². The Morgan fingerprint density at radius 2 is 0.691 bits per heavy atom. The van der Waals surface area contributed by atoms with Crippen LogP contribution in [0.2, 0.25) is 0 Å². The summed E-state index contributed by atoms with van der Waals surface area (Å²) in [4.78, 5) is 15.3. The molecule has 0 saturated heterocycles. The summed E-state index contributed by atoms with van der Waals surface area (Å²) in [5, 5.41) is 2.06. The molecule has 258 valence electrons. The van der Waals surface area contributed by atoms with Crippen LogP contribution in [0.4, 0.5) is 0 Å². The molecule has 2 aromatic heterocycles. The second kappa shape index (κ2) is 13.8. The molecule has 0 N–H and O–H groups in total. The fourth-order valence-electron chi connectivity index (χ4n) is 7.31. The molecule has 2 heterocycles. The molecule has 0 aliphatic heterocycles. The number of para-hydroxylation sites is 1. The summed E-state index contributed by atoms with van der Waals surface area (Å²) in [5.41, 5.74) is 13.5. The quantitative estimate of drug-likeness (QED) is 0.166. The van der Waals surface area contributed by atoms with E-state index in [1.807, 2.05) is 30.3 Å². The van der Waals surface area contributed by atoms with Crippen molar-refractivity contribution in [2.45, 2.75) is 0 Å². The number of benzene rings is 8. The Hall–Kier alpha value is -7.43. The van der Waals surface area contributed by atoms with Crippen molar-refractivity contribution in [3.63, 3.8) is 0 Å². The van der Waals surface area contributed by atoms with Crippen LogP contribution in [0.15, 0.2) is 205 Å². The highest BCUT2D eigenvalue weighted by Gasteiger charge is 2.17. The molecule has 10 aromatic rings. The molecule has 10 rings (SSSR count). The van der Waals surface area contributed by atoms with Crippen LogP contribution in [0.3, 0.4) is 0 Å². The molecule has 0 atom stereocenters. The van der Waals surface area contributed by atoms with E-state index < -0.39 is 0 Å². The van der Waals surface area contributed by atoms with Crippen molar-refractivity contribution < 1.29 is 4.42 Å². The number of hydrogen-bond acceptors (Lipinski definition) is 4. The number of nitrogens with zero attached hydrogens (tertiary/aromatic N) is 3. The maximum Gasteiger partial charge on any atom is 0.164 e. The molecule has 4 heteroatoms. The minimum absolute atomic E-state index is 0.598. The normalized spacial score (nSPS) is 11.3. The Labute approximate surface area is 319 Å². The Morgan fingerprint density at radius 1 is 0.273 bits per heavy atom. The second-order valence-electron chi connectivity index (χ2n) is 13.6.